The van der Waals surface area contributed by atoms with Gasteiger partial charge in [-0.3, -0.25) is 0 Å². The van der Waals surface area contributed by atoms with Crippen LogP contribution in [-0.2, 0) is 9.47 Å². The minimum atomic E-state index is -0.220. The van der Waals surface area contributed by atoms with Gasteiger partial charge >= 0.3 is 0 Å². The molecule has 1 heterocycles. The van der Waals surface area contributed by atoms with Gasteiger partial charge in [0, 0.05) is 18.3 Å². The molecule has 22 heavy (non-hydrogen) atoms. The average Bonchev–Trinajstić information content (AvgIpc) is 2.94. The van der Waals surface area contributed by atoms with E-state index in [4.69, 9.17) is 9.47 Å². The molecule has 1 spiro atoms. The van der Waals surface area contributed by atoms with Crippen LogP contribution in [0.5, 0.6) is 0 Å². The van der Waals surface area contributed by atoms with E-state index in [9.17, 15) is 0 Å². The van der Waals surface area contributed by atoms with Crippen LogP contribution in [0.1, 0.15) is 72.1 Å². The van der Waals surface area contributed by atoms with E-state index in [-0.39, 0.29) is 11.2 Å². The van der Waals surface area contributed by atoms with E-state index in [2.05, 4.69) is 27.4 Å². The van der Waals surface area contributed by atoms with Gasteiger partial charge in [-0.2, -0.15) is 0 Å². The first-order chi connectivity index (χ1) is 10.4. The Balaban J connectivity index is 1.63. The van der Waals surface area contributed by atoms with Gasteiger partial charge in [-0.25, -0.2) is 0 Å². The van der Waals surface area contributed by atoms with Crippen molar-refractivity contribution in [3.05, 3.63) is 12.2 Å². The highest BCUT2D eigenvalue weighted by Crippen LogP contribution is 2.63. The van der Waals surface area contributed by atoms with Crippen molar-refractivity contribution in [1.82, 2.24) is 0 Å². The van der Waals surface area contributed by atoms with Gasteiger partial charge in [0.05, 0.1) is 12.7 Å². The van der Waals surface area contributed by atoms with Gasteiger partial charge in [-0.15, -0.1) is 0 Å². The van der Waals surface area contributed by atoms with E-state index in [0.29, 0.717) is 23.4 Å². The predicted octanol–water partition coefficient (Wildman–Crippen LogP) is 5.08. The highest BCUT2D eigenvalue weighted by atomic mass is 16.7. The summed E-state index contributed by atoms with van der Waals surface area (Å²) in [5.41, 5.74) is 2.04. The summed E-state index contributed by atoms with van der Waals surface area (Å²) in [5.74, 6) is 1.12. The molecule has 1 saturated heterocycles. The molecule has 0 amide bonds. The molecule has 1 aliphatic heterocycles. The fraction of sp³-hybridized carbons (Fsp3) is 0.900. The molecule has 124 valence electrons. The summed E-state index contributed by atoms with van der Waals surface area (Å²) in [4.78, 5) is 0. The Morgan fingerprint density at radius 2 is 1.77 bits per heavy atom. The van der Waals surface area contributed by atoms with Gasteiger partial charge < -0.3 is 9.47 Å². The second-order valence-electron chi connectivity index (χ2n) is 9.03. The lowest BCUT2D eigenvalue weighted by atomic mass is 9.46. The second-order valence-corrected chi connectivity index (χ2v) is 9.03. The second kappa shape index (κ2) is 4.83. The maximum absolute atomic E-state index is 6.65. The van der Waals surface area contributed by atoms with E-state index < -0.39 is 0 Å². The lowest BCUT2D eigenvalue weighted by Crippen LogP contribution is -2.63. The molecule has 4 aliphatic rings. The smallest absolute Gasteiger partial charge is 0.168 e. The van der Waals surface area contributed by atoms with Crippen LogP contribution in [0, 0.1) is 22.7 Å². The molecule has 0 radical (unpaired) electrons. The van der Waals surface area contributed by atoms with Crippen LogP contribution in [0.25, 0.3) is 0 Å². The maximum Gasteiger partial charge on any atom is 0.168 e. The Labute approximate surface area is 135 Å². The van der Waals surface area contributed by atoms with Gasteiger partial charge in [0.2, 0.25) is 0 Å². The number of hydrogen-bond donors (Lipinski definition) is 0. The van der Waals surface area contributed by atoms with Crippen molar-refractivity contribution in [2.75, 3.05) is 6.61 Å². The quantitative estimate of drug-likeness (QED) is 0.581. The van der Waals surface area contributed by atoms with Crippen LogP contribution in [-0.4, -0.2) is 18.5 Å². The summed E-state index contributed by atoms with van der Waals surface area (Å²) in [6.45, 7) is 12.6. The maximum atomic E-state index is 6.65. The fourth-order valence-electron chi connectivity index (χ4n) is 6.26. The molecular weight excluding hydrogens is 272 g/mol. The Morgan fingerprint density at radius 1 is 1.05 bits per heavy atom. The standard InChI is InChI=1S/C20H32O2/c1-14-7-8-16-18(3,15(14)2)12-9-17-19(16,4)13-21-20(22-17)10-5-6-11-20/h15-17H,1,5-13H2,2-4H3/t15-,16?,17-,18+,19+/m1/s1. The summed E-state index contributed by atoms with van der Waals surface area (Å²) >= 11 is 0. The third-order valence-corrected chi connectivity index (χ3v) is 8.00. The average molecular weight is 304 g/mol. The van der Waals surface area contributed by atoms with Crippen LogP contribution < -0.4 is 0 Å². The molecule has 2 nitrogen and oxygen atoms in total. The number of fused-ring (bicyclic) bond motifs is 3. The molecule has 0 aromatic carbocycles. The largest absolute Gasteiger partial charge is 0.349 e. The minimum Gasteiger partial charge on any atom is -0.349 e. The van der Waals surface area contributed by atoms with Gasteiger partial charge in [0.15, 0.2) is 5.79 Å². The molecule has 3 aliphatic carbocycles. The van der Waals surface area contributed by atoms with Gasteiger partial charge in [0.25, 0.3) is 0 Å². The third kappa shape index (κ3) is 1.92. The Hall–Kier alpha value is -0.340. The molecule has 2 heteroatoms. The number of allylic oxidation sites excluding steroid dienone is 1. The zero-order valence-electron chi connectivity index (χ0n) is 14.6. The van der Waals surface area contributed by atoms with E-state index in [0.717, 1.165) is 19.4 Å². The minimum absolute atomic E-state index is 0.190. The van der Waals surface area contributed by atoms with E-state index in [1.165, 1.54) is 44.1 Å². The first kappa shape index (κ1) is 15.2. The summed E-state index contributed by atoms with van der Waals surface area (Å²) < 4.78 is 13.1. The molecule has 3 saturated carbocycles. The molecule has 0 aromatic rings. The molecule has 1 unspecified atom stereocenters. The van der Waals surface area contributed by atoms with Crippen molar-refractivity contribution in [3.63, 3.8) is 0 Å². The molecule has 4 rings (SSSR count). The van der Waals surface area contributed by atoms with E-state index >= 15 is 0 Å². The Morgan fingerprint density at radius 3 is 2.50 bits per heavy atom. The molecule has 0 aromatic heterocycles. The lowest BCUT2D eigenvalue weighted by molar-refractivity contribution is -0.355. The Bertz CT molecular complexity index is 478. The van der Waals surface area contributed by atoms with Crippen molar-refractivity contribution < 1.29 is 9.47 Å². The van der Waals surface area contributed by atoms with Crippen molar-refractivity contribution >= 4 is 0 Å². The number of hydrogen-bond acceptors (Lipinski definition) is 2. The van der Waals surface area contributed by atoms with Crippen molar-refractivity contribution in [1.29, 1.82) is 0 Å². The SMILES string of the molecule is C=C1CCC2[C@]3(C)COC4(CCCC4)O[C@@H]3CC[C@@]2(C)[C@@H]1C. The molecule has 4 fully saturated rings. The third-order valence-electron chi connectivity index (χ3n) is 8.00. The van der Waals surface area contributed by atoms with Gasteiger partial charge in [-0.05, 0) is 55.8 Å². The van der Waals surface area contributed by atoms with Gasteiger partial charge in [0.1, 0.15) is 0 Å². The van der Waals surface area contributed by atoms with Gasteiger partial charge in [-0.1, -0.05) is 32.9 Å². The monoisotopic (exact) mass is 304 g/mol. The molecule has 5 atom stereocenters. The van der Waals surface area contributed by atoms with Crippen LogP contribution in [0.3, 0.4) is 0 Å². The number of ether oxygens (including phenoxy) is 2. The lowest BCUT2D eigenvalue weighted by Gasteiger charge is -2.63. The van der Waals surface area contributed by atoms with Crippen molar-refractivity contribution in [3.8, 4) is 0 Å². The molecular formula is C20H32O2. The first-order valence-corrected chi connectivity index (χ1v) is 9.39. The topological polar surface area (TPSA) is 18.5 Å². The molecule has 0 N–H and O–H groups in total. The normalized spacial score (nSPS) is 50.7. The van der Waals surface area contributed by atoms with Crippen LogP contribution in [0.4, 0.5) is 0 Å². The summed E-state index contributed by atoms with van der Waals surface area (Å²) in [7, 11) is 0. The van der Waals surface area contributed by atoms with E-state index in [1.807, 2.05) is 0 Å². The zero-order valence-corrected chi connectivity index (χ0v) is 14.6. The Kier molecular flexibility index (Phi) is 3.34. The van der Waals surface area contributed by atoms with Crippen LogP contribution in [0.2, 0.25) is 0 Å². The summed E-state index contributed by atoms with van der Waals surface area (Å²) in [5, 5.41) is 0. The van der Waals surface area contributed by atoms with E-state index in [1.54, 1.807) is 0 Å². The summed E-state index contributed by atoms with van der Waals surface area (Å²) in [6, 6.07) is 0. The highest BCUT2D eigenvalue weighted by molar-refractivity contribution is 5.17. The van der Waals surface area contributed by atoms with Crippen LogP contribution >= 0.6 is 0 Å². The number of rotatable bonds is 0. The fourth-order valence-corrected chi connectivity index (χ4v) is 6.26. The van der Waals surface area contributed by atoms with Crippen LogP contribution in [0.15, 0.2) is 12.2 Å². The van der Waals surface area contributed by atoms with Crippen molar-refractivity contribution in [2.24, 2.45) is 22.7 Å². The predicted molar refractivity (Wildman–Crippen MR) is 88.5 cm³/mol. The highest BCUT2D eigenvalue weighted by Gasteiger charge is 2.61. The first-order valence-electron chi connectivity index (χ1n) is 9.39. The summed E-state index contributed by atoms with van der Waals surface area (Å²) in [6.07, 6.45) is 10.1. The zero-order chi connectivity index (χ0) is 15.6. The van der Waals surface area contributed by atoms with Crippen molar-refractivity contribution in [2.45, 2.75) is 84.0 Å². The molecule has 0 bridgehead atoms.